The lowest BCUT2D eigenvalue weighted by Crippen LogP contribution is -2.38. The van der Waals surface area contributed by atoms with Crippen LogP contribution in [-0.4, -0.2) is 39.5 Å². The molecule has 0 aliphatic heterocycles. The molecular formula is C11H10Br2N2O3. The molecule has 0 spiro atoms. The zero-order valence-electron chi connectivity index (χ0n) is 9.27. The molecule has 2 rings (SSSR count). The summed E-state index contributed by atoms with van der Waals surface area (Å²) in [7, 11) is 0. The van der Waals surface area contributed by atoms with Gasteiger partial charge in [-0.05, 0) is 50.8 Å². The molecule has 5 nitrogen and oxygen atoms in total. The molecule has 1 saturated carbocycles. The molecule has 1 aromatic heterocycles. The highest BCUT2D eigenvalue weighted by molar-refractivity contribution is 9.11. The van der Waals surface area contributed by atoms with Crippen LogP contribution in [-0.2, 0) is 4.79 Å². The Morgan fingerprint density at radius 2 is 2.11 bits per heavy atom. The van der Waals surface area contributed by atoms with Crippen LogP contribution in [0.1, 0.15) is 23.3 Å². The molecule has 0 atom stereocenters. The molecule has 1 amide bonds. The normalized spacial score (nSPS) is 14.3. The summed E-state index contributed by atoms with van der Waals surface area (Å²) in [4.78, 5) is 28.4. The van der Waals surface area contributed by atoms with E-state index in [2.05, 4.69) is 36.8 Å². The Balaban J connectivity index is 2.24. The van der Waals surface area contributed by atoms with E-state index in [0.717, 1.165) is 17.3 Å². The summed E-state index contributed by atoms with van der Waals surface area (Å²) in [6.45, 7) is -0.284. The Morgan fingerprint density at radius 3 is 2.61 bits per heavy atom. The number of aromatic nitrogens is 1. The van der Waals surface area contributed by atoms with Crippen LogP contribution >= 0.6 is 31.9 Å². The van der Waals surface area contributed by atoms with Crippen LogP contribution in [0.4, 0.5) is 0 Å². The lowest BCUT2D eigenvalue weighted by atomic mass is 10.3. The van der Waals surface area contributed by atoms with Gasteiger partial charge in [0, 0.05) is 16.7 Å². The van der Waals surface area contributed by atoms with Gasteiger partial charge in [-0.3, -0.25) is 9.59 Å². The number of pyridine rings is 1. The van der Waals surface area contributed by atoms with Crippen LogP contribution < -0.4 is 0 Å². The quantitative estimate of drug-likeness (QED) is 0.873. The van der Waals surface area contributed by atoms with Crippen molar-refractivity contribution >= 4 is 43.7 Å². The Bertz CT molecular complexity index is 503. The van der Waals surface area contributed by atoms with Gasteiger partial charge in [-0.25, -0.2) is 4.98 Å². The van der Waals surface area contributed by atoms with E-state index >= 15 is 0 Å². The predicted molar refractivity (Wildman–Crippen MR) is 71.3 cm³/mol. The van der Waals surface area contributed by atoms with E-state index in [1.54, 1.807) is 6.07 Å². The third-order valence-electron chi connectivity index (χ3n) is 2.56. The number of carbonyl (C=O) groups is 2. The van der Waals surface area contributed by atoms with Gasteiger partial charge in [0.25, 0.3) is 5.91 Å². The number of halogens is 2. The molecule has 96 valence electrons. The minimum Gasteiger partial charge on any atom is -0.480 e. The van der Waals surface area contributed by atoms with Crippen molar-refractivity contribution in [3.8, 4) is 0 Å². The average Bonchev–Trinajstić information content (AvgIpc) is 3.08. The summed E-state index contributed by atoms with van der Waals surface area (Å²) in [5, 5.41) is 8.84. The van der Waals surface area contributed by atoms with Crippen molar-refractivity contribution in [2.45, 2.75) is 18.9 Å². The molecule has 0 aromatic carbocycles. The zero-order valence-corrected chi connectivity index (χ0v) is 12.4. The van der Waals surface area contributed by atoms with Gasteiger partial charge in [-0.15, -0.1) is 0 Å². The first kappa shape index (κ1) is 13.5. The topological polar surface area (TPSA) is 70.5 Å². The number of nitrogens with zero attached hydrogens (tertiary/aromatic N) is 2. The molecule has 0 saturated heterocycles. The first-order valence-electron chi connectivity index (χ1n) is 5.33. The maximum Gasteiger partial charge on any atom is 0.323 e. The fraction of sp³-hybridized carbons (Fsp3) is 0.364. The van der Waals surface area contributed by atoms with Gasteiger partial charge in [0.05, 0.1) is 4.47 Å². The first-order valence-corrected chi connectivity index (χ1v) is 6.91. The molecule has 1 aromatic rings. The van der Waals surface area contributed by atoms with Gasteiger partial charge >= 0.3 is 5.97 Å². The number of carbonyl (C=O) groups excluding carboxylic acids is 1. The Kier molecular flexibility index (Phi) is 4.01. The van der Waals surface area contributed by atoms with E-state index in [9.17, 15) is 9.59 Å². The Labute approximate surface area is 120 Å². The number of hydrogen-bond acceptors (Lipinski definition) is 3. The van der Waals surface area contributed by atoms with Crippen molar-refractivity contribution in [2.24, 2.45) is 0 Å². The number of carboxylic acid groups (broad SMARTS) is 1. The van der Waals surface area contributed by atoms with Crippen LogP contribution in [0, 0.1) is 0 Å². The molecule has 0 unspecified atom stereocenters. The van der Waals surface area contributed by atoms with Crippen LogP contribution in [0.3, 0.4) is 0 Å². The fourth-order valence-corrected chi connectivity index (χ4v) is 2.76. The lowest BCUT2D eigenvalue weighted by Gasteiger charge is -2.20. The number of hydrogen-bond donors (Lipinski definition) is 1. The molecular weight excluding hydrogens is 368 g/mol. The van der Waals surface area contributed by atoms with Crippen molar-refractivity contribution in [1.29, 1.82) is 0 Å². The SMILES string of the molecule is O=C(O)CN(C(=O)c1ncc(Br)cc1Br)C1CC1. The smallest absolute Gasteiger partial charge is 0.323 e. The molecule has 1 aliphatic carbocycles. The average molecular weight is 378 g/mol. The minimum absolute atomic E-state index is 0.0333. The molecule has 0 bridgehead atoms. The van der Waals surface area contributed by atoms with Crippen molar-refractivity contribution in [2.75, 3.05) is 6.54 Å². The molecule has 1 heterocycles. The second-order valence-corrected chi connectivity index (χ2v) is 5.81. The Hall–Kier alpha value is -0.950. The van der Waals surface area contributed by atoms with Crippen molar-refractivity contribution in [1.82, 2.24) is 9.88 Å². The standard InChI is InChI=1S/C11H10Br2N2O3/c12-6-3-8(13)10(14-4-6)11(18)15(5-9(16)17)7-1-2-7/h3-4,7H,1-2,5H2,(H,16,17). The number of amides is 1. The highest BCUT2D eigenvalue weighted by Crippen LogP contribution is 2.29. The van der Waals surface area contributed by atoms with Crippen molar-refractivity contribution in [3.05, 3.63) is 26.9 Å². The van der Waals surface area contributed by atoms with Crippen LogP contribution in [0.15, 0.2) is 21.2 Å². The predicted octanol–water partition coefficient (Wildman–Crippen LogP) is 2.30. The van der Waals surface area contributed by atoms with Crippen molar-refractivity contribution < 1.29 is 14.7 Å². The zero-order chi connectivity index (χ0) is 13.3. The van der Waals surface area contributed by atoms with E-state index in [1.165, 1.54) is 11.1 Å². The fourth-order valence-electron chi connectivity index (χ4n) is 1.61. The van der Waals surface area contributed by atoms with Gasteiger partial charge in [-0.2, -0.15) is 0 Å². The molecule has 18 heavy (non-hydrogen) atoms. The molecule has 1 N–H and O–H groups in total. The summed E-state index contributed by atoms with van der Waals surface area (Å²) >= 11 is 6.52. The highest BCUT2D eigenvalue weighted by Gasteiger charge is 2.35. The summed E-state index contributed by atoms with van der Waals surface area (Å²) in [5.41, 5.74) is 0.242. The van der Waals surface area contributed by atoms with Crippen LogP contribution in [0.5, 0.6) is 0 Å². The summed E-state index contributed by atoms with van der Waals surface area (Å²) < 4.78 is 1.31. The maximum absolute atomic E-state index is 12.2. The monoisotopic (exact) mass is 376 g/mol. The van der Waals surface area contributed by atoms with Crippen molar-refractivity contribution in [3.63, 3.8) is 0 Å². The van der Waals surface area contributed by atoms with Crippen LogP contribution in [0.2, 0.25) is 0 Å². The number of carboxylic acids is 1. The van der Waals surface area contributed by atoms with E-state index < -0.39 is 5.97 Å². The summed E-state index contributed by atoms with van der Waals surface area (Å²) in [5.74, 6) is -1.36. The third-order valence-corrected chi connectivity index (χ3v) is 3.60. The molecule has 1 aliphatic rings. The van der Waals surface area contributed by atoms with E-state index in [-0.39, 0.29) is 24.2 Å². The largest absolute Gasteiger partial charge is 0.480 e. The van der Waals surface area contributed by atoms with Gasteiger partial charge in [0.2, 0.25) is 0 Å². The van der Waals surface area contributed by atoms with E-state index in [0.29, 0.717) is 4.47 Å². The second kappa shape index (κ2) is 5.36. The van der Waals surface area contributed by atoms with Gasteiger partial charge < -0.3 is 10.0 Å². The molecule has 0 radical (unpaired) electrons. The Morgan fingerprint density at radius 1 is 1.44 bits per heavy atom. The van der Waals surface area contributed by atoms with Gasteiger partial charge in [0.1, 0.15) is 12.2 Å². The maximum atomic E-state index is 12.2. The lowest BCUT2D eigenvalue weighted by molar-refractivity contribution is -0.137. The molecule has 7 heteroatoms. The van der Waals surface area contributed by atoms with Crippen LogP contribution in [0.25, 0.3) is 0 Å². The third kappa shape index (κ3) is 3.08. The number of aliphatic carboxylic acids is 1. The highest BCUT2D eigenvalue weighted by atomic mass is 79.9. The molecule has 1 fully saturated rings. The minimum atomic E-state index is -1.01. The second-order valence-electron chi connectivity index (χ2n) is 4.04. The van der Waals surface area contributed by atoms with E-state index in [1.807, 2.05) is 0 Å². The van der Waals surface area contributed by atoms with Gasteiger partial charge in [0.15, 0.2) is 0 Å². The van der Waals surface area contributed by atoms with Gasteiger partial charge in [-0.1, -0.05) is 0 Å². The summed E-state index contributed by atoms with van der Waals surface area (Å²) in [6, 6.07) is 1.75. The number of rotatable bonds is 4. The van der Waals surface area contributed by atoms with E-state index in [4.69, 9.17) is 5.11 Å². The summed E-state index contributed by atoms with van der Waals surface area (Å²) in [6.07, 6.45) is 3.23. The first-order chi connectivity index (χ1) is 8.49.